The minimum atomic E-state index is -4.91. The van der Waals surface area contributed by atoms with Gasteiger partial charge in [0.2, 0.25) is 0 Å². The number of nitrogens with two attached hydrogens (primary N) is 1. The molecule has 0 fully saturated rings. The molecule has 1 atom stereocenters. The molecule has 0 aliphatic rings. The molecule has 2 aromatic carbocycles. The van der Waals surface area contributed by atoms with Crippen molar-refractivity contribution in [2.24, 2.45) is 0 Å². The van der Waals surface area contributed by atoms with E-state index in [0.717, 1.165) is 17.2 Å². The number of rotatable bonds is 9. The van der Waals surface area contributed by atoms with Crippen LogP contribution in [0.1, 0.15) is 22.4 Å². The summed E-state index contributed by atoms with van der Waals surface area (Å²) in [6.07, 6.45) is 2.60. The van der Waals surface area contributed by atoms with Crippen molar-refractivity contribution in [3.05, 3.63) is 101 Å². The van der Waals surface area contributed by atoms with E-state index in [2.05, 4.69) is 9.68 Å². The molecule has 3 N–H and O–H groups in total. The molecule has 0 saturated heterocycles. The SMILES string of the molecule is Nc1c(-c2cc(Cc3ccc(CCc4ccc(F)c(F)c4F)cc3)no2)ccc[n+]1COP(=O)([O-])O. The van der Waals surface area contributed by atoms with Gasteiger partial charge in [-0.15, -0.1) is 0 Å². The summed E-state index contributed by atoms with van der Waals surface area (Å²) in [6, 6.07) is 14.6. The molecule has 1 unspecified atom stereocenters. The first-order valence-corrected chi connectivity index (χ1v) is 12.2. The highest BCUT2D eigenvalue weighted by Gasteiger charge is 2.18. The summed E-state index contributed by atoms with van der Waals surface area (Å²) in [5, 5.41) is 4.05. The third-order valence-electron chi connectivity index (χ3n) is 5.51. The first-order chi connectivity index (χ1) is 17.1. The number of hydrogen-bond acceptors (Lipinski definition) is 6. The van der Waals surface area contributed by atoms with Crippen LogP contribution in [0.15, 0.2) is 65.3 Å². The van der Waals surface area contributed by atoms with Gasteiger partial charge in [-0.25, -0.2) is 17.7 Å². The lowest BCUT2D eigenvalue weighted by atomic mass is 10.0. The summed E-state index contributed by atoms with van der Waals surface area (Å²) in [7, 11) is -4.91. The zero-order valence-corrected chi connectivity index (χ0v) is 19.6. The van der Waals surface area contributed by atoms with Gasteiger partial charge in [0, 0.05) is 12.5 Å². The normalized spacial score (nSPS) is 13.0. The lowest BCUT2D eigenvalue weighted by Crippen LogP contribution is -2.38. The number of pyridine rings is 1. The van der Waals surface area contributed by atoms with Gasteiger partial charge >= 0.3 is 0 Å². The molecule has 0 spiro atoms. The molecular formula is C24H21F3N3O5P. The molecule has 4 aromatic rings. The fraction of sp³-hybridized carbons (Fsp3) is 0.167. The van der Waals surface area contributed by atoms with Crippen LogP contribution in [-0.2, 0) is 35.1 Å². The van der Waals surface area contributed by atoms with Crippen LogP contribution >= 0.6 is 7.82 Å². The van der Waals surface area contributed by atoms with E-state index in [9.17, 15) is 22.6 Å². The van der Waals surface area contributed by atoms with Gasteiger partial charge in [-0.1, -0.05) is 35.5 Å². The van der Waals surface area contributed by atoms with Gasteiger partial charge in [0.15, 0.2) is 29.9 Å². The van der Waals surface area contributed by atoms with Gasteiger partial charge in [-0.05, 0) is 47.7 Å². The molecule has 36 heavy (non-hydrogen) atoms. The Morgan fingerprint density at radius 1 is 1.06 bits per heavy atom. The molecule has 2 aromatic heterocycles. The van der Waals surface area contributed by atoms with Gasteiger partial charge in [0.25, 0.3) is 13.6 Å². The predicted octanol–water partition coefficient (Wildman–Crippen LogP) is 3.44. The number of anilines is 1. The van der Waals surface area contributed by atoms with Crippen molar-refractivity contribution in [1.82, 2.24) is 5.16 Å². The maximum atomic E-state index is 13.8. The molecule has 12 heteroatoms. The Balaban J connectivity index is 1.40. The number of benzene rings is 2. The van der Waals surface area contributed by atoms with E-state index in [1.165, 1.54) is 16.8 Å². The van der Waals surface area contributed by atoms with Crippen molar-refractivity contribution in [3.8, 4) is 11.3 Å². The molecule has 188 valence electrons. The van der Waals surface area contributed by atoms with E-state index in [1.54, 1.807) is 18.2 Å². The fourth-order valence-corrected chi connectivity index (χ4v) is 3.88. The van der Waals surface area contributed by atoms with E-state index in [4.69, 9.17) is 15.2 Å². The Labute approximate surface area is 204 Å². The van der Waals surface area contributed by atoms with E-state index >= 15 is 0 Å². The van der Waals surface area contributed by atoms with Crippen molar-refractivity contribution in [1.29, 1.82) is 0 Å². The summed E-state index contributed by atoms with van der Waals surface area (Å²) in [5.74, 6) is -3.33. The number of halogens is 3. The number of nitrogens with zero attached hydrogens (tertiary/aromatic N) is 2. The first-order valence-electron chi connectivity index (χ1n) is 10.7. The molecule has 4 rings (SSSR count). The lowest BCUT2D eigenvalue weighted by molar-refractivity contribution is -0.712. The summed E-state index contributed by atoms with van der Waals surface area (Å²) in [5.41, 5.74) is 9.09. The molecule has 0 saturated carbocycles. The highest BCUT2D eigenvalue weighted by atomic mass is 31.2. The van der Waals surface area contributed by atoms with Crippen LogP contribution in [0.3, 0.4) is 0 Å². The van der Waals surface area contributed by atoms with Gasteiger partial charge in [0.05, 0.1) is 11.9 Å². The summed E-state index contributed by atoms with van der Waals surface area (Å²) >= 11 is 0. The van der Waals surface area contributed by atoms with Crippen LogP contribution in [-0.4, -0.2) is 10.1 Å². The minimum Gasteiger partial charge on any atom is -0.756 e. The van der Waals surface area contributed by atoms with Gasteiger partial charge < -0.3 is 14.3 Å². The van der Waals surface area contributed by atoms with Crippen molar-refractivity contribution < 1.29 is 41.1 Å². The number of nitrogen functional groups attached to an aromatic ring is 1. The predicted molar refractivity (Wildman–Crippen MR) is 120 cm³/mol. The average molecular weight is 519 g/mol. The monoisotopic (exact) mass is 519 g/mol. The topological polar surface area (TPSA) is 126 Å². The van der Waals surface area contributed by atoms with Crippen molar-refractivity contribution >= 4 is 13.6 Å². The Hall–Kier alpha value is -3.50. The van der Waals surface area contributed by atoms with Crippen molar-refractivity contribution in [2.75, 3.05) is 5.73 Å². The highest BCUT2D eigenvalue weighted by molar-refractivity contribution is 7.44. The fourth-order valence-electron chi connectivity index (χ4n) is 3.61. The van der Waals surface area contributed by atoms with Crippen molar-refractivity contribution in [2.45, 2.75) is 26.0 Å². The van der Waals surface area contributed by atoms with Crippen molar-refractivity contribution in [3.63, 3.8) is 0 Å². The number of hydrogen-bond donors (Lipinski definition) is 2. The minimum absolute atomic E-state index is 0.111. The van der Waals surface area contributed by atoms with E-state index in [0.29, 0.717) is 29.9 Å². The smallest absolute Gasteiger partial charge is 0.285 e. The van der Waals surface area contributed by atoms with Crippen LogP contribution in [0.25, 0.3) is 11.3 Å². The second-order valence-electron chi connectivity index (χ2n) is 8.01. The second kappa shape index (κ2) is 10.6. The maximum absolute atomic E-state index is 13.8. The summed E-state index contributed by atoms with van der Waals surface area (Å²) in [4.78, 5) is 19.6. The van der Waals surface area contributed by atoms with Crippen LogP contribution in [0, 0.1) is 17.5 Å². The number of aryl methyl sites for hydroxylation is 2. The second-order valence-corrected chi connectivity index (χ2v) is 9.21. The van der Waals surface area contributed by atoms with Crippen LogP contribution in [0.4, 0.5) is 19.0 Å². The molecule has 2 heterocycles. The molecule has 0 aliphatic carbocycles. The third kappa shape index (κ3) is 6.19. The first kappa shape index (κ1) is 25.6. The molecule has 8 nitrogen and oxygen atoms in total. The Kier molecular flexibility index (Phi) is 7.56. The molecule has 0 radical (unpaired) electrons. The average Bonchev–Trinajstić information content (AvgIpc) is 3.30. The Morgan fingerprint density at radius 3 is 2.50 bits per heavy atom. The van der Waals surface area contributed by atoms with Gasteiger partial charge in [-0.3, -0.25) is 14.8 Å². The largest absolute Gasteiger partial charge is 0.756 e. The Morgan fingerprint density at radius 2 is 1.78 bits per heavy atom. The van der Waals surface area contributed by atoms with E-state index in [1.807, 2.05) is 24.3 Å². The summed E-state index contributed by atoms with van der Waals surface area (Å²) in [6.45, 7) is -0.507. The summed E-state index contributed by atoms with van der Waals surface area (Å²) < 4.78 is 62.2. The molecule has 0 amide bonds. The number of aromatic nitrogens is 2. The lowest BCUT2D eigenvalue weighted by Gasteiger charge is -2.14. The van der Waals surface area contributed by atoms with Gasteiger partial charge in [-0.2, -0.15) is 0 Å². The van der Waals surface area contributed by atoms with E-state index < -0.39 is 32.0 Å². The van der Waals surface area contributed by atoms with Crippen LogP contribution in [0.5, 0.6) is 0 Å². The van der Waals surface area contributed by atoms with Crippen LogP contribution < -0.4 is 15.2 Å². The molecule has 0 aliphatic heterocycles. The number of phosphoric acid groups is 1. The number of phosphoric ester groups is 1. The zero-order chi connectivity index (χ0) is 25.9. The maximum Gasteiger partial charge on any atom is 0.285 e. The molecular weight excluding hydrogens is 498 g/mol. The third-order valence-corrected chi connectivity index (χ3v) is 5.95. The van der Waals surface area contributed by atoms with Gasteiger partial charge in [0.1, 0.15) is 5.56 Å². The zero-order valence-electron chi connectivity index (χ0n) is 18.7. The molecule has 0 bridgehead atoms. The highest BCUT2D eigenvalue weighted by Crippen LogP contribution is 2.30. The van der Waals surface area contributed by atoms with Crippen LogP contribution in [0.2, 0.25) is 0 Å². The quantitative estimate of drug-likeness (QED) is 0.197. The standard InChI is InChI=1S/C24H21F3N3O5P/c25-20-10-9-17(22(26)23(20)27)8-7-15-3-5-16(6-4-15)12-18-13-21(35-29-18)19-2-1-11-30(24(19)28)14-34-36(31,32)33/h1-6,9-11,13,28H,7-8,12,14H2,(H2,31,32,33). The Bertz CT molecular complexity index is 1420. The van der Waals surface area contributed by atoms with E-state index in [-0.39, 0.29) is 17.8 Å².